The van der Waals surface area contributed by atoms with Crippen molar-refractivity contribution in [3.63, 3.8) is 0 Å². The number of rotatable bonds is 6. The molecule has 0 heterocycles. The van der Waals surface area contributed by atoms with E-state index in [1.54, 1.807) is 0 Å². The first-order chi connectivity index (χ1) is 7.15. The highest BCUT2D eigenvalue weighted by Gasteiger charge is 2.27. The van der Waals surface area contributed by atoms with Gasteiger partial charge in [-0.05, 0) is 31.7 Å². The highest BCUT2D eigenvalue weighted by Crippen LogP contribution is 2.26. The van der Waals surface area contributed by atoms with Gasteiger partial charge in [-0.2, -0.15) is 0 Å². The first kappa shape index (κ1) is 12.3. The summed E-state index contributed by atoms with van der Waals surface area (Å²) in [6.45, 7) is 2.98. The van der Waals surface area contributed by atoms with Gasteiger partial charge in [0.2, 0.25) is 0 Å². The van der Waals surface area contributed by atoms with Crippen LogP contribution in [-0.4, -0.2) is 34.8 Å². The van der Waals surface area contributed by atoms with Gasteiger partial charge in [-0.15, -0.1) is 0 Å². The Hall–Kier alpha value is -0.810. The van der Waals surface area contributed by atoms with E-state index in [1.165, 1.54) is 0 Å². The first-order valence-electron chi connectivity index (χ1n) is 5.53. The number of aliphatic hydroxyl groups excluding tert-OH is 1. The summed E-state index contributed by atoms with van der Waals surface area (Å²) in [6.07, 6.45) is 3.22. The molecule has 1 aliphatic rings. The van der Waals surface area contributed by atoms with Gasteiger partial charge in [0.1, 0.15) is 5.84 Å². The van der Waals surface area contributed by atoms with Crippen molar-refractivity contribution in [3.8, 4) is 0 Å². The van der Waals surface area contributed by atoms with Gasteiger partial charge in [0.25, 0.3) is 0 Å². The molecule has 0 saturated heterocycles. The summed E-state index contributed by atoms with van der Waals surface area (Å²) in [4.78, 5) is 0. The molecule has 1 saturated carbocycles. The Morgan fingerprint density at radius 3 is 2.73 bits per heavy atom. The highest BCUT2D eigenvalue weighted by molar-refractivity contribution is 5.80. The van der Waals surface area contributed by atoms with E-state index in [0.29, 0.717) is 12.3 Å². The lowest BCUT2D eigenvalue weighted by atomic mass is 9.82. The zero-order chi connectivity index (χ0) is 11.3. The van der Waals surface area contributed by atoms with Gasteiger partial charge < -0.3 is 21.4 Å². The minimum atomic E-state index is -0.0963. The molecule has 0 bridgehead atoms. The minimum absolute atomic E-state index is 0.0963. The molecule has 1 rings (SSSR count). The van der Waals surface area contributed by atoms with E-state index in [1.807, 2.05) is 0 Å². The molecule has 5 nitrogen and oxygen atoms in total. The third kappa shape index (κ3) is 4.05. The van der Waals surface area contributed by atoms with Crippen LogP contribution in [0.4, 0.5) is 0 Å². The van der Waals surface area contributed by atoms with Crippen molar-refractivity contribution in [2.24, 2.45) is 16.8 Å². The summed E-state index contributed by atoms with van der Waals surface area (Å²) in [5.74, 6) is 0.851. The molecular weight excluding hydrogens is 194 g/mol. The average Bonchev–Trinajstić information content (AvgIpc) is 2.20. The Bertz CT molecular complexity index is 215. The Morgan fingerprint density at radius 2 is 2.27 bits per heavy atom. The minimum Gasteiger partial charge on any atom is -0.409 e. The topological polar surface area (TPSA) is 90.9 Å². The number of oxime groups is 1. The standard InChI is InChI=1S/C10H21N3O2/c1-2-8(5-10(11)13-15)12-6-7-3-9(14)4-7/h7-9,12,14-15H,2-6H2,1H3,(H2,11,13). The molecule has 1 fully saturated rings. The molecule has 88 valence electrons. The molecule has 5 N–H and O–H groups in total. The molecule has 5 heteroatoms. The van der Waals surface area contributed by atoms with Gasteiger partial charge in [0.15, 0.2) is 0 Å². The monoisotopic (exact) mass is 215 g/mol. The van der Waals surface area contributed by atoms with E-state index < -0.39 is 0 Å². The van der Waals surface area contributed by atoms with E-state index >= 15 is 0 Å². The smallest absolute Gasteiger partial charge is 0.140 e. The molecule has 0 spiro atoms. The molecule has 15 heavy (non-hydrogen) atoms. The van der Waals surface area contributed by atoms with Crippen molar-refractivity contribution in [2.75, 3.05) is 6.54 Å². The molecule has 1 aliphatic carbocycles. The molecule has 0 aromatic heterocycles. The SMILES string of the molecule is CCC(CC(N)=NO)NCC1CC(O)C1. The fraction of sp³-hybridized carbons (Fsp3) is 0.900. The van der Waals surface area contributed by atoms with Crippen LogP contribution < -0.4 is 11.1 Å². The Kier molecular flexibility index (Phi) is 4.84. The van der Waals surface area contributed by atoms with Crippen LogP contribution in [0.5, 0.6) is 0 Å². The number of hydrogen-bond donors (Lipinski definition) is 4. The maximum atomic E-state index is 9.12. The fourth-order valence-corrected chi connectivity index (χ4v) is 1.85. The molecular formula is C10H21N3O2. The number of hydrogen-bond acceptors (Lipinski definition) is 4. The van der Waals surface area contributed by atoms with E-state index in [2.05, 4.69) is 17.4 Å². The maximum Gasteiger partial charge on any atom is 0.140 e. The Labute approximate surface area is 90.3 Å². The number of nitrogens with two attached hydrogens (primary N) is 1. The van der Waals surface area contributed by atoms with E-state index in [4.69, 9.17) is 16.0 Å². The van der Waals surface area contributed by atoms with Crippen molar-refractivity contribution < 1.29 is 10.3 Å². The molecule has 0 aromatic rings. The quantitative estimate of drug-likeness (QED) is 0.221. The second-order valence-electron chi connectivity index (χ2n) is 4.30. The molecule has 0 aliphatic heterocycles. The van der Waals surface area contributed by atoms with E-state index in [9.17, 15) is 0 Å². The number of nitrogens with zero attached hydrogens (tertiary/aromatic N) is 1. The summed E-state index contributed by atoms with van der Waals surface area (Å²) < 4.78 is 0. The van der Waals surface area contributed by atoms with Gasteiger partial charge in [0, 0.05) is 12.5 Å². The normalized spacial score (nSPS) is 28.5. The molecule has 1 unspecified atom stereocenters. The summed E-state index contributed by atoms with van der Waals surface area (Å²) in [5, 5.41) is 23.9. The molecule has 0 amide bonds. The van der Waals surface area contributed by atoms with Crippen molar-refractivity contribution in [1.29, 1.82) is 0 Å². The first-order valence-corrected chi connectivity index (χ1v) is 5.53. The van der Waals surface area contributed by atoms with Crippen molar-refractivity contribution >= 4 is 5.84 Å². The summed E-state index contributed by atoms with van der Waals surface area (Å²) in [5.41, 5.74) is 5.44. The zero-order valence-corrected chi connectivity index (χ0v) is 9.19. The predicted octanol–water partition coefficient (Wildman–Crippen LogP) is 0.262. The van der Waals surface area contributed by atoms with Crippen molar-refractivity contribution in [2.45, 2.75) is 44.8 Å². The zero-order valence-electron chi connectivity index (χ0n) is 9.19. The highest BCUT2D eigenvalue weighted by atomic mass is 16.4. The summed E-state index contributed by atoms with van der Waals surface area (Å²) in [6, 6.07) is 0.263. The number of aliphatic hydroxyl groups is 1. The van der Waals surface area contributed by atoms with Gasteiger partial charge in [0.05, 0.1) is 6.10 Å². The Balaban J connectivity index is 2.16. The van der Waals surface area contributed by atoms with Crippen LogP contribution in [0.3, 0.4) is 0 Å². The van der Waals surface area contributed by atoms with Crippen molar-refractivity contribution in [1.82, 2.24) is 5.32 Å². The number of nitrogens with one attached hydrogen (secondary N) is 1. The van der Waals surface area contributed by atoms with Gasteiger partial charge in [-0.3, -0.25) is 0 Å². The largest absolute Gasteiger partial charge is 0.409 e. The maximum absolute atomic E-state index is 9.12. The fourth-order valence-electron chi connectivity index (χ4n) is 1.85. The van der Waals surface area contributed by atoms with Crippen LogP contribution in [0.15, 0.2) is 5.16 Å². The lowest BCUT2D eigenvalue weighted by molar-refractivity contribution is 0.0418. The number of amidine groups is 1. The van der Waals surface area contributed by atoms with E-state index in [0.717, 1.165) is 25.8 Å². The molecule has 0 aromatic carbocycles. The lowest BCUT2D eigenvalue weighted by Crippen LogP contribution is -2.41. The van der Waals surface area contributed by atoms with Crippen LogP contribution >= 0.6 is 0 Å². The van der Waals surface area contributed by atoms with Gasteiger partial charge in [-0.25, -0.2) is 0 Å². The average molecular weight is 215 g/mol. The van der Waals surface area contributed by atoms with Crippen LogP contribution in [0.2, 0.25) is 0 Å². The van der Waals surface area contributed by atoms with Crippen LogP contribution in [-0.2, 0) is 0 Å². The Morgan fingerprint density at radius 1 is 1.60 bits per heavy atom. The second kappa shape index (κ2) is 5.92. The summed E-state index contributed by atoms with van der Waals surface area (Å²) in [7, 11) is 0. The molecule has 1 atom stereocenters. The molecule has 0 radical (unpaired) electrons. The predicted molar refractivity (Wildman–Crippen MR) is 58.8 cm³/mol. The third-order valence-corrected chi connectivity index (χ3v) is 2.98. The van der Waals surface area contributed by atoms with Gasteiger partial charge >= 0.3 is 0 Å². The van der Waals surface area contributed by atoms with Crippen LogP contribution in [0, 0.1) is 5.92 Å². The van der Waals surface area contributed by atoms with Gasteiger partial charge in [-0.1, -0.05) is 12.1 Å². The third-order valence-electron chi connectivity index (χ3n) is 2.98. The van der Waals surface area contributed by atoms with Crippen molar-refractivity contribution in [3.05, 3.63) is 0 Å². The van der Waals surface area contributed by atoms with E-state index in [-0.39, 0.29) is 18.0 Å². The van der Waals surface area contributed by atoms with Crippen LogP contribution in [0.25, 0.3) is 0 Å². The lowest BCUT2D eigenvalue weighted by Gasteiger charge is -2.32. The second-order valence-corrected chi connectivity index (χ2v) is 4.30. The van der Waals surface area contributed by atoms with Crippen LogP contribution in [0.1, 0.15) is 32.6 Å². The summed E-state index contributed by atoms with van der Waals surface area (Å²) >= 11 is 0.